The summed E-state index contributed by atoms with van der Waals surface area (Å²) >= 11 is 0. The Bertz CT molecular complexity index is 444. The number of nitrogens with zero attached hydrogens (tertiary/aromatic N) is 1. The first-order valence-corrected chi connectivity index (χ1v) is 8.36. The van der Waals surface area contributed by atoms with Crippen molar-refractivity contribution in [3.8, 4) is 0 Å². The minimum atomic E-state index is -0.813. The normalized spacial score (nSPS) is 31.2. The lowest BCUT2D eigenvalue weighted by Crippen LogP contribution is -2.82. The van der Waals surface area contributed by atoms with Crippen molar-refractivity contribution < 1.29 is 9.53 Å². The van der Waals surface area contributed by atoms with Gasteiger partial charge in [-0.25, -0.2) is 0 Å². The molecule has 1 saturated carbocycles. The van der Waals surface area contributed by atoms with Crippen LogP contribution in [0.15, 0.2) is 0 Å². The third-order valence-corrected chi connectivity index (χ3v) is 5.53. The van der Waals surface area contributed by atoms with E-state index in [1.54, 1.807) is 0 Å². The van der Waals surface area contributed by atoms with E-state index in [4.69, 9.17) is 10.5 Å². The maximum Gasteiger partial charge on any atom is 0.241 e. The average molecular weight is 384 g/mol. The van der Waals surface area contributed by atoms with Gasteiger partial charge in [0.2, 0.25) is 5.91 Å². The number of hydrogen-bond acceptors (Lipinski definition) is 4. The van der Waals surface area contributed by atoms with Gasteiger partial charge in [0, 0.05) is 31.0 Å². The van der Waals surface area contributed by atoms with Crippen LogP contribution >= 0.6 is 24.8 Å². The molecular formula is C17H35Cl2N3O2. The Hall–Kier alpha value is -0.0700. The standard InChI is InChI=1S/C17H33N3O2.2ClH/c1-15(2,11-20(5)6)10-19-14(21)17(18)12-8-7-9-22-13(12)16(17,3)4;;/h12-13H,7-11,18H2,1-6H3,(H,19,21);2*1H. The van der Waals surface area contributed by atoms with Gasteiger partial charge in [-0.15, -0.1) is 24.8 Å². The summed E-state index contributed by atoms with van der Waals surface area (Å²) in [6, 6.07) is 0. The van der Waals surface area contributed by atoms with Crippen LogP contribution < -0.4 is 11.1 Å². The van der Waals surface area contributed by atoms with Gasteiger partial charge in [0.25, 0.3) is 0 Å². The van der Waals surface area contributed by atoms with Crippen LogP contribution in [-0.4, -0.2) is 56.2 Å². The van der Waals surface area contributed by atoms with Gasteiger partial charge in [-0.05, 0) is 32.4 Å². The first-order chi connectivity index (χ1) is 10.0. The Morgan fingerprint density at radius 2 is 1.92 bits per heavy atom. The van der Waals surface area contributed by atoms with Gasteiger partial charge in [0.05, 0.1) is 6.10 Å². The molecule has 3 atom stereocenters. The molecule has 0 spiro atoms. The predicted molar refractivity (Wildman–Crippen MR) is 103 cm³/mol. The van der Waals surface area contributed by atoms with Crippen molar-refractivity contribution in [2.24, 2.45) is 22.5 Å². The van der Waals surface area contributed by atoms with Gasteiger partial charge < -0.3 is 20.7 Å². The first-order valence-electron chi connectivity index (χ1n) is 8.36. The summed E-state index contributed by atoms with van der Waals surface area (Å²) in [7, 11) is 4.10. The molecule has 2 rings (SSSR count). The molecule has 2 aliphatic rings. The van der Waals surface area contributed by atoms with Crippen LogP contribution in [0.5, 0.6) is 0 Å². The van der Waals surface area contributed by atoms with Crippen LogP contribution in [0.3, 0.4) is 0 Å². The van der Waals surface area contributed by atoms with E-state index in [1.807, 2.05) is 14.1 Å². The van der Waals surface area contributed by atoms with Gasteiger partial charge in [0.15, 0.2) is 0 Å². The highest BCUT2D eigenvalue weighted by atomic mass is 35.5. The quantitative estimate of drug-likeness (QED) is 0.762. The molecule has 0 aromatic carbocycles. The summed E-state index contributed by atoms with van der Waals surface area (Å²) in [6.07, 6.45) is 2.10. The monoisotopic (exact) mass is 383 g/mol. The minimum absolute atomic E-state index is 0. The fraction of sp³-hybridized carbons (Fsp3) is 0.941. The molecule has 0 aromatic heterocycles. The fourth-order valence-corrected chi connectivity index (χ4v) is 4.41. The van der Waals surface area contributed by atoms with Crippen LogP contribution in [0.4, 0.5) is 0 Å². The number of halogens is 2. The van der Waals surface area contributed by atoms with Crippen molar-refractivity contribution in [2.75, 3.05) is 33.8 Å². The van der Waals surface area contributed by atoms with Gasteiger partial charge >= 0.3 is 0 Å². The molecule has 5 nitrogen and oxygen atoms in total. The molecular weight excluding hydrogens is 349 g/mol. The van der Waals surface area contributed by atoms with Gasteiger partial charge in [-0.3, -0.25) is 4.79 Å². The number of nitrogens with one attached hydrogen (secondary N) is 1. The minimum Gasteiger partial charge on any atom is -0.377 e. The molecule has 2 fully saturated rings. The zero-order chi connectivity index (χ0) is 16.8. The Kier molecular flexibility index (Phi) is 8.06. The number of fused-ring (bicyclic) bond motifs is 1. The number of nitrogens with two attached hydrogens (primary N) is 1. The predicted octanol–water partition coefficient (Wildman–Crippen LogP) is 2.07. The van der Waals surface area contributed by atoms with Crippen LogP contribution in [0, 0.1) is 16.7 Å². The molecule has 1 amide bonds. The zero-order valence-corrected chi connectivity index (χ0v) is 17.5. The second-order valence-electron chi connectivity index (χ2n) is 8.72. The summed E-state index contributed by atoms with van der Waals surface area (Å²) in [5.41, 5.74) is 5.50. The molecule has 3 N–H and O–H groups in total. The van der Waals surface area contributed by atoms with Crippen molar-refractivity contribution >= 4 is 30.7 Å². The topological polar surface area (TPSA) is 67.6 Å². The Balaban J connectivity index is 0.00000264. The van der Waals surface area contributed by atoms with E-state index in [0.29, 0.717) is 6.54 Å². The molecule has 7 heteroatoms. The lowest BCUT2D eigenvalue weighted by Gasteiger charge is -2.65. The van der Waals surface area contributed by atoms with E-state index in [1.165, 1.54) is 0 Å². The molecule has 0 aromatic rings. The number of carbonyl (C=O) groups excluding carboxylic acids is 1. The maximum absolute atomic E-state index is 12.8. The van der Waals surface area contributed by atoms with E-state index in [9.17, 15) is 4.79 Å². The van der Waals surface area contributed by atoms with Gasteiger partial charge in [0.1, 0.15) is 5.54 Å². The van der Waals surface area contributed by atoms with Crippen molar-refractivity contribution in [3.63, 3.8) is 0 Å². The van der Waals surface area contributed by atoms with Crippen LogP contribution in [-0.2, 0) is 9.53 Å². The summed E-state index contributed by atoms with van der Waals surface area (Å²) in [5, 5.41) is 3.11. The van der Waals surface area contributed by atoms with E-state index in [0.717, 1.165) is 26.0 Å². The highest BCUT2D eigenvalue weighted by molar-refractivity contribution is 5.89. The smallest absolute Gasteiger partial charge is 0.241 e. The number of rotatable bonds is 5. The van der Waals surface area contributed by atoms with Gasteiger partial charge in [-0.2, -0.15) is 0 Å². The highest BCUT2D eigenvalue weighted by Crippen LogP contribution is 2.57. The van der Waals surface area contributed by atoms with E-state index in [-0.39, 0.29) is 53.6 Å². The van der Waals surface area contributed by atoms with Crippen molar-refractivity contribution in [1.82, 2.24) is 10.2 Å². The van der Waals surface area contributed by atoms with Crippen LogP contribution in [0.2, 0.25) is 0 Å². The fourth-order valence-electron chi connectivity index (χ4n) is 4.41. The van der Waals surface area contributed by atoms with Crippen molar-refractivity contribution in [2.45, 2.75) is 52.2 Å². The molecule has 1 aliphatic heterocycles. The lowest BCUT2D eigenvalue weighted by molar-refractivity contribution is -0.225. The first kappa shape index (κ1) is 23.9. The number of amides is 1. The highest BCUT2D eigenvalue weighted by Gasteiger charge is 2.70. The third kappa shape index (κ3) is 4.01. The van der Waals surface area contributed by atoms with Crippen LogP contribution in [0.1, 0.15) is 40.5 Å². The molecule has 1 saturated heterocycles. The van der Waals surface area contributed by atoms with E-state index >= 15 is 0 Å². The summed E-state index contributed by atoms with van der Waals surface area (Å²) in [5.74, 6) is 0.129. The summed E-state index contributed by atoms with van der Waals surface area (Å²) in [4.78, 5) is 15.0. The molecule has 0 bridgehead atoms. The lowest BCUT2D eigenvalue weighted by atomic mass is 9.46. The zero-order valence-electron chi connectivity index (χ0n) is 15.8. The Labute approximate surface area is 159 Å². The summed E-state index contributed by atoms with van der Waals surface area (Å²) < 4.78 is 5.87. The molecule has 144 valence electrons. The second kappa shape index (κ2) is 8.09. The SMILES string of the molecule is CN(C)CC(C)(C)CNC(=O)C1(N)C2CCCOC2C1(C)C.Cl.Cl. The Morgan fingerprint density at radius 1 is 1.33 bits per heavy atom. The number of ether oxygens (including phenoxy) is 1. The molecule has 0 radical (unpaired) electrons. The molecule has 24 heavy (non-hydrogen) atoms. The number of carbonyl (C=O) groups is 1. The number of hydrogen-bond donors (Lipinski definition) is 2. The largest absolute Gasteiger partial charge is 0.377 e. The third-order valence-electron chi connectivity index (χ3n) is 5.53. The molecule has 1 heterocycles. The van der Waals surface area contributed by atoms with E-state index in [2.05, 4.69) is 37.9 Å². The maximum atomic E-state index is 12.8. The van der Waals surface area contributed by atoms with E-state index < -0.39 is 5.54 Å². The Morgan fingerprint density at radius 3 is 2.46 bits per heavy atom. The summed E-state index contributed by atoms with van der Waals surface area (Å²) in [6.45, 7) is 10.8. The molecule has 1 aliphatic carbocycles. The van der Waals surface area contributed by atoms with Crippen LogP contribution in [0.25, 0.3) is 0 Å². The van der Waals surface area contributed by atoms with Crippen molar-refractivity contribution in [3.05, 3.63) is 0 Å². The average Bonchev–Trinajstić information content (AvgIpc) is 2.42. The second-order valence-corrected chi connectivity index (χ2v) is 8.72. The molecule has 3 unspecified atom stereocenters. The van der Waals surface area contributed by atoms with Crippen molar-refractivity contribution in [1.29, 1.82) is 0 Å². The van der Waals surface area contributed by atoms with Gasteiger partial charge in [-0.1, -0.05) is 27.7 Å².